The zero-order chi connectivity index (χ0) is 12.2. The summed E-state index contributed by atoms with van der Waals surface area (Å²) in [5, 5.41) is 1.40. The lowest BCUT2D eigenvalue weighted by Crippen LogP contribution is -2.39. The van der Waals surface area contributed by atoms with Gasteiger partial charge in [-0.05, 0) is 31.7 Å². The van der Waals surface area contributed by atoms with Crippen molar-refractivity contribution in [2.75, 3.05) is 13.6 Å². The van der Waals surface area contributed by atoms with Crippen LogP contribution in [0.25, 0.3) is 10.9 Å². The molecule has 0 atom stereocenters. The minimum absolute atomic E-state index is 0.218. The van der Waals surface area contributed by atoms with Crippen molar-refractivity contribution in [3.63, 3.8) is 0 Å². The van der Waals surface area contributed by atoms with E-state index in [4.69, 9.17) is 0 Å². The standard InChI is InChI=1S/C15H20N2/c1-10-5-6-13-11(7-10)12-8-17(4)9-15(2,3)14(12)16-13/h5-7,16H,8-9H2,1-4H3. The molecule has 0 bridgehead atoms. The third-order valence-electron chi connectivity index (χ3n) is 3.83. The van der Waals surface area contributed by atoms with Crippen LogP contribution >= 0.6 is 0 Å². The lowest BCUT2D eigenvalue weighted by molar-refractivity contribution is 0.234. The maximum Gasteiger partial charge on any atom is 0.0459 e. The van der Waals surface area contributed by atoms with E-state index in [1.807, 2.05) is 0 Å². The molecule has 2 aromatic rings. The van der Waals surface area contributed by atoms with Gasteiger partial charge < -0.3 is 9.88 Å². The van der Waals surface area contributed by atoms with Gasteiger partial charge in [-0.2, -0.15) is 0 Å². The van der Waals surface area contributed by atoms with Gasteiger partial charge in [0.05, 0.1) is 0 Å². The summed E-state index contributed by atoms with van der Waals surface area (Å²) in [6.45, 7) is 8.98. The van der Waals surface area contributed by atoms with E-state index in [1.165, 1.54) is 27.7 Å². The molecular weight excluding hydrogens is 208 g/mol. The van der Waals surface area contributed by atoms with Crippen molar-refractivity contribution in [2.45, 2.75) is 32.7 Å². The molecule has 17 heavy (non-hydrogen) atoms. The molecule has 0 amide bonds. The van der Waals surface area contributed by atoms with Gasteiger partial charge in [-0.3, -0.25) is 0 Å². The van der Waals surface area contributed by atoms with Crippen LogP contribution in [0.5, 0.6) is 0 Å². The maximum absolute atomic E-state index is 3.63. The third kappa shape index (κ3) is 1.59. The summed E-state index contributed by atoms with van der Waals surface area (Å²) < 4.78 is 0. The second-order valence-corrected chi connectivity index (χ2v) is 6.08. The fourth-order valence-corrected chi connectivity index (χ4v) is 3.18. The quantitative estimate of drug-likeness (QED) is 0.733. The fraction of sp³-hybridized carbons (Fsp3) is 0.467. The molecule has 3 rings (SSSR count). The van der Waals surface area contributed by atoms with Gasteiger partial charge in [-0.15, -0.1) is 0 Å². The normalized spacial score (nSPS) is 19.5. The zero-order valence-electron chi connectivity index (χ0n) is 11.1. The molecule has 0 saturated heterocycles. The minimum atomic E-state index is 0.218. The summed E-state index contributed by atoms with van der Waals surface area (Å²) in [4.78, 5) is 6.04. The predicted octanol–water partition coefficient (Wildman–Crippen LogP) is 3.20. The third-order valence-corrected chi connectivity index (χ3v) is 3.83. The maximum atomic E-state index is 3.63. The van der Waals surface area contributed by atoms with Crippen molar-refractivity contribution in [1.29, 1.82) is 0 Å². The number of hydrogen-bond acceptors (Lipinski definition) is 1. The smallest absolute Gasteiger partial charge is 0.0459 e. The van der Waals surface area contributed by atoms with E-state index < -0.39 is 0 Å². The fourth-order valence-electron chi connectivity index (χ4n) is 3.18. The Hall–Kier alpha value is -1.28. The van der Waals surface area contributed by atoms with E-state index in [0.717, 1.165) is 13.1 Å². The number of H-pyrrole nitrogens is 1. The lowest BCUT2D eigenvalue weighted by Gasteiger charge is -2.36. The van der Waals surface area contributed by atoms with Gasteiger partial charge >= 0.3 is 0 Å². The molecule has 2 heteroatoms. The van der Waals surface area contributed by atoms with E-state index >= 15 is 0 Å². The first-order valence-electron chi connectivity index (χ1n) is 6.27. The van der Waals surface area contributed by atoms with Crippen molar-refractivity contribution in [3.8, 4) is 0 Å². The number of aromatic amines is 1. The van der Waals surface area contributed by atoms with Gasteiger partial charge in [0.25, 0.3) is 0 Å². The summed E-state index contributed by atoms with van der Waals surface area (Å²) in [7, 11) is 2.21. The van der Waals surface area contributed by atoms with Crippen LogP contribution in [-0.4, -0.2) is 23.5 Å². The Morgan fingerprint density at radius 1 is 1.29 bits per heavy atom. The zero-order valence-corrected chi connectivity index (χ0v) is 11.1. The highest BCUT2D eigenvalue weighted by Gasteiger charge is 2.32. The molecule has 1 aromatic heterocycles. The van der Waals surface area contributed by atoms with Crippen LogP contribution in [0, 0.1) is 6.92 Å². The van der Waals surface area contributed by atoms with Crippen molar-refractivity contribution in [2.24, 2.45) is 0 Å². The Labute approximate surface area is 103 Å². The molecule has 0 fully saturated rings. The summed E-state index contributed by atoms with van der Waals surface area (Å²) >= 11 is 0. The monoisotopic (exact) mass is 228 g/mol. The molecule has 2 nitrogen and oxygen atoms in total. The number of aromatic nitrogens is 1. The molecule has 0 unspecified atom stereocenters. The molecule has 1 aliphatic rings. The van der Waals surface area contributed by atoms with E-state index in [9.17, 15) is 0 Å². The highest BCUT2D eigenvalue weighted by molar-refractivity contribution is 5.86. The molecule has 0 aliphatic carbocycles. The second-order valence-electron chi connectivity index (χ2n) is 6.08. The van der Waals surface area contributed by atoms with Crippen molar-refractivity contribution in [1.82, 2.24) is 9.88 Å². The molecular formula is C15H20N2. The predicted molar refractivity (Wildman–Crippen MR) is 72.4 cm³/mol. The van der Waals surface area contributed by atoms with Crippen molar-refractivity contribution in [3.05, 3.63) is 35.0 Å². The SMILES string of the molecule is Cc1ccc2[nH]c3c(c2c1)CN(C)CC3(C)C. The van der Waals surface area contributed by atoms with E-state index in [2.05, 4.69) is 55.9 Å². The van der Waals surface area contributed by atoms with Crippen LogP contribution in [0.1, 0.15) is 30.7 Å². The lowest BCUT2D eigenvalue weighted by atomic mass is 9.83. The molecule has 0 saturated carbocycles. The van der Waals surface area contributed by atoms with Crippen LogP contribution in [0.15, 0.2) is 18.2 Å². The highest BCUT2D eigenvalue weighted by Crippen LogP contribution is 2.36. The summed E-state index contributed by atoms with van der Waals surface area (Å²) in [6, 6.07) is 6.69. The second kappa shape index (κ2) is 3.36. The van der Waals surface area contributed by atoms with Gasteiger partial charge in [0.1, 0.15) is 0 Å². The van der Waals surface area contributed by atoms with Crippen LogP contribution in [0.3, 0.4) is 0 Å². The highest BCUT2D eigenvalue weighted by atomic mass is 15.1. The van der Waals surface area contributed by atoms with Gasteiger partial charge in [0.15, 0.2) is 0 Å². The summed E-state index contributed by atoms with van der Waals surface area (Å²) in [6.07, 6.45) is 0. The summed E-state index contributed by atoms with van der Waals surface area (Å²) in [5.74, 6) is 0. The largest absolute Gasteiger partial charge is 0.358 e. The number of likely N-dealkylation sites (N-methyl/N-ethyl adjacent to an activating group) is 1. The first-order chi connectivity index (χ1) is 7.97. The first kappa shape index (κ1) is 10.8. The number of nitrogens with zero attached hydrogens (tertiary/aromatic N) is 1. The molecule has 1 aliphatic heterocycles. The van der Waals surface area contributed by atoms with Crippen LogP contribution in [-0.2, 0) is 12.0 Å². The van der Waals surface area contributed by atoms with Crippen LogP contribution in [0.2, 0.25) is 0 Å². The molecule has 1 aromatic carbocycles. The first-order valence-corrected chi connectivity index (χ1v) is 6.27. The number of rotatable bonds is 0. The minimum Gasteiger partial charge on any atom is -0.358 e. The Bertz CT molecular complexity index is 578. The number of aryl methyl sites for hydroxylation is 1. The Balaban J connectivity index is 2.31. The average molecular weight is 228 g/mol. The molecule has 90 valence electrons. The number of hydrogen-bond donors (Lipinski definition) is 1. The van der Waals surface area contributed by atoms with Gasteiger partial charge in [-0.1, -0.05) is 25.5 Å². The summed E-state index contributed by atoms with van der Waals surface area (Å²) in [5.41, 5.74) is 5.75. The van der Waals surface area contributed by atoms with Gasteiger partial charge in [0, 0.05) is 35.1 Å². The Kier molecular flexibility index (Phi) is 2.14. The van der Waals surface area contributed by atoms with E-state index in [1.54, 1.807) is 0 Å². The molecule has 1 N–H and O–H groups in total. The Morgan fingerprint density at radius 3 is 2.82 bits per heavy atom. The topological polar surface area (TPSA) is 19.0 Å². The average Bonchev–Trinajstić information content (AvgIpc) is 2.56. The van der Waals surface area contributed by atoms with Gasteiger partial charge in [-0.25, -0.2) is 0 Å². The molecule has 0 spiro atoms. The molecule has 0 radical (unpaired) electrons. The van der Waals surface area contributed by atoms with Crippen LogP contribution < -0.4 is 0 Å². The number of nitrogens with one attached hydrogen (secondary N) is 1. The van der Waals surface area contributed by atoms with E-state index in [0.29, 0.717) is 0 Å². The molecule has 2 heterocycles. The van der Waals surface area contributed by atoms with Crippen LogP contribution in [0.4, 0.5) is 0 Å². The van der Waals surface area contributed by atoms with E-state index in [-0.39, 0.29) is 5.41 Å². The van der Waals surface area contributed by atoms with Gasteiger partial charge in [0.2, 0.25) is 0 Å². The number of benzene rings is 1. The van der Waals surface area contributed by atoms with Crippen molar-refractivity contribution < 1.29 is 0 Å². The Morgan fingerprint density at radius 2 is 2.06 bits per heavy atom. The van der Waals surface area contributed by atoms with Crippen molar-refractivity contribution >= 4 is 10.9 Å². The number of fused-ring (bicyclic) bond motifs is 3.